The van der Waals surface area contributed by atoms with Crippen LogP contribution in [0, 0.1) is 0 Å². The highest BCUT2D eigenvalue weighted by Gasteiger charge is 2.07. The van der Waals surface area contributed by atoms with E-state index in [0.29, 0.717) is 10.5 Å². The molecule has 1 aromatic heterocycles. The lowest BCUT2D eigenvalue weighted by atomic mass is 10.1. The van der Waals surface area contributed by atoms with Crippen molar-refractivity contribution < 1.29 is 9.90 Å². The van der Waals surface area contributed by atoms with Crippen LogP contribution >= 0.6 is 12.2 Å². The summed E-state index contributed by atoms with van der Waals surface area (Å²) in [6.45, 7) is 0. The van der Waals surface area contributed by atoms with Crippen molar-refractivity contribution in [3.05, 3.63) is 36.0 Å². The number of nitrogens with two attached hydrogens (primary N) is 1. The highest BCUT2D eigenvalue weighted by Crippen LogP contribution is 2.17. The molecule has 0 unspecified atom stereocenters. The predicted octanol–water partition coefficient (Wildman–Crippen LogP) is 1.80. The molecule has 0 bridgehead atoms. The van der Waals surface area contributed by atoms with E-state index in [1.54, 1.807) is 24.3 Å². The van der Waals surface area contributed by atoms with Crippen LogP contribution in [0.3, 0.4) is 0 Å². The molecule has 2 aromatic rings. The molecule has 15 heavy (non-hydrogen) atoms. The number of rotatable bonds is 1. The summed E-state index contributed by atoms with van der Waals surface area (Å²) >= 11 is 4.84. The topological polar surface area (TPSA) is 68.2 Å². The van der Waals surface area contributed by atoms with Crippen LogP contribution in [0.15, 0.2) is 30.5 Å². The molecular formula is C10H8N2O2S. The zero-order chi connectivity index (χ0) is 11.0. The van der Waals surface area contributed by atoms with Crippen molar-refractivity contribution in [2.24, 2.45) is 5.73 Å². The minimum atomic E-state index is -1.01. The molecule has 2 rings (SSSR count). The molecule has 0 spiro atoms. The number of carbonyl (C=O) groups is 1. The summed E-state index contributed by atoms with van der Waals surface area (Å²) in [6, 6.07) is 6.89. The van der Waals surface area contributed by atoms with E-state index >= 15 is 0 Å². The van der Waals surface area contributed by atoms with Crippen LogP contribution in [0.4, 0.5) is 4.79 Å². The average Bonchev–Trinajstić information content (AvgIpc) is 2.59. The molecule has 3 N–H and O–H groups in total. The Balaban J connectivity index is 2.66. The van der Waals surface area contributed by atoms with E-state index < -0.39 is 6.09 Å². The largest absolute Gasteiger partial charge is 0.464 e. The van der Waals surface area contributed by atoms with Gasteiger partial charge in [-0.25, -0.2) is 4.79 Å². The number of thiocarbonyl (C=S) groups is 1. The number of carboxylic acid groups (broad SMARTS) is 1. The molecule has 4 nitrogen and oxygen atoms in total. The smallest absolute Gasteiger partial charge is 0.415 e. The first kappa shape index (κ1) is 9.67. The molecule has 0 atom stereocenters. The van der Waals surface area contributed by atoms with Crippen LogP contribution in [0.5, 0.6) is 0 Å². The maximum atomic E-state index is 10.8. The van der Waals surface area contributed by atoms with Gasteiger partial charge in [0.2, 0.25) is 0 Å². The van der Waals surface area contributed by atoms with Gasteiger partial charge in [-0.2, -0.15) is 0 Å². The maximum Gasteiger partial charge on any atom is 0.415 e. The summed E-state index contributed by atoms with van der Waals surface area (Å²) < 4.78 is 1.15. The number of hydrogen-bond acceptors (Lipinski definition) is 2. The Bertz CT molecular complexity index is 560. The molecule has 0 aliphatic carbocycles. The van der Waals surface area contributed by atoms with E-state index in [9.17, 15) is 4.79 Å². The fourth-order valence-corrected chi connectivity index (χ4v) is 1.59. The van der Waals surface area contributed by atoms with Crippen molar-refractivity contribution in [3.8, 4) is 0 Å². The molecule has 0 aliphatic heterocycles. The van der Waals surface area contributed by atoms with Gasteiger partial charge in [0.05, 0.1) is 5.52 Å². The summed E-state index contributed by atoms with van der Waals surface area (Å²) in [4.78, 5) is 11.1. The third-order valence-electron chi connectivity index (χ3n) is 2.18. The Morgan fingerprint density at radius 2 is 2.13 bits per heavy atom. The summed E-state index contributed by atoms with van der Waals surface area (Å²) in [6.07, 6.45) is 0.490. The number of benzene rings is 1. The van der Waals surface area contributed by atoms with Crippen molar-refractivity contribution in [3.63, 3.8) is 0 Å². The highest BCUT2D eigenvalue weighted by atomic mass is 32.1. The fraction of sp³-hybridized carbons (Fsp3) is 0. The van der Waals surface area contributed by atoms with Crippen molar-refractivity contribution in [1.82, 2.24) is 4.57 Å². The average molecular weight is 220 g/mol. The molecule has 0 saturated carbocycles. The van der Waals surface area contributed by atoms with Crippen LogP contribution in [0.1, 0.15) is 5.56 Å². The molecule has 1 aromatic carbocycles. The normalized spacial score (nSPS) is 10.4. The highest BCUT2D eigenvalue weighted by molar-refractivity contribution is 7.80. The van der Waals surface area contributed by atoms with Crippen molar-refractivity contribution >= 4 is 34.2 Å². The Morgan fingerprint density at radius 3 is 2.73 bits per heavy atom. The van der Waals surface area contributed by atoms with Gasteiger partial charge in [0, 0.05) is 17.1 Å². The molecule has 5 heteroatoms. The predicted molar refractivity (Wildman–Crippen MR) is 61.2 cm³/mol. The van der Waals surface area contributed by atoms with E-state index in [0.717, 1.165) is 15.5 Å². The number of nitrogens with zero attached hydrogens (tertiary/aromatic N) is 1. The van der Waals surface area contributed by atoms with Gasteiger partial charge in [-0.3, -0.25) is 4.57 Å². The first-order chi connectivity index (χ1) is 7.09. The van der Waals surface area contributed by atoms with Crippen molar-refractivity contribution in [2.75, 3.05) is 0 Å². The molecule has 0 amide bonds. The maximum absolute atomic E-state index is 10.8. The zero-order valence-corrected chi connectivity index (χ0v) is 8.49. The van der Waals surface area contributed by atoms with E-state index in [-0.39, 0.29) is 0 Å². The molecule has 0 fully saturated rings. The molecule has 0 radical (unpaired) electrons. The third kappa shape index (κ3) is 1.57. The fourth-order valence-electron chi connectivity index (χ4n) is 1.46. The Morgan fingerprint density at radius 1 is 1.40 bits per heavy atom. The van der Waals surface area contributed by atoms with Gasteiger partial charge in [-0.05, 0) is 24.3 Å². The Kier molecular flexibility index (Phi) is 2.17. The Hall–Kier alpha value is -1.88. The standard InChI is InChI=1S/C10H8N2O2S/c11-9(15)7-1-2-8-6(5-7)3-4-12(8)10(13)14/h1-5H,(H2,11,15)(H,13,14). The molecule has 1 heterocycles. The first-order valence-electron chi connectivity index (χ1n) is 4.24. The molecular weight excluding hydrogens is 212 g/mol. The molecule has 0 saturated heterocycles. The SMILES string of the molecule is NC(=S)c1ccc2c(ccn2C(=O)O)c1. The molecule has 76 valence electrons. The van der Waals surface area contributed by atoms with Gasteiger partial charge >= 0.3 is 6.09 Å². The van der Waals surface area contributed by atoms with Crippen LogP contribution in [0.2, 0.25) is 0 Å². The monoisotopic (exact) mass is 220 g/mol. The Labute approximate surface area is 90.9 Å². The minimum Gasteiger partial charge on any atom is -0.464 e. The van der Waals surface area contributed by atoms with E-state index in [1.165, 1.54) is 6.20 Å². The van der Waals surface area contributed by atoms with Crippen LogP contribution in [-0.4, -0.2) is 20.8 Å². The number of hydrogen-bond donors (Lipinski definition) is 2. The third-order valence-corrected chi connectivity index (χ3v) is 2.42. The second-order valence-electron chi connectivity index (χ2n) is 3.11. The van der Waals surface area contributed by atoms with Crippen LogP contribution in [-0.2, 0) is 0 Å². The lowest BCUT2D eigenvalue weighted by molar-refractivity contribution is 0.197. The van der Waals surface area contributed by atoms with E-state index in [2.05, 4.69) is 0 Å². The van der Waals surface area contributed by atoms with Crippen LogP contribution in [0.25, 0.3) is 10.9 Å². The van der Waals surface area contributed by atoms with Gasteiger partial charge in [0.1, 0.15) is 4.99 Å². The van der Waals surface area contributed by atoms with Gasteiger partial charge in [-0.15, -0.1) is 0 Å². The summed E-state index contributed by atoms with van der Waals surface area (Å²) in [5.41, 5.74) is 6.84. The van der Waals surface area contributed by atoms with E-state index in [4.69, 9.17) is 23.1 Å². The summed E-state index contributed by atoms with van der Waals surface area (Å²) in [7, 11) is 0. The van der Waals surface area contributed by atoms with Gasteiger partial charge < -0.3 is 10.8 Å². The summed E-state index contributed by atoms with van der Waals surface area (Å²) in [5, 5.41) is 9.67. The van der Waals surface area contributed by atoms with Crippen molar-refractivity contribution in [2.45, 2.75) is 0 Å². The van der Waals surface area contributed by atoms with Crippen LogP contribution < -0.4 is 5.73 Å². The van der Waals surface area contributed by atoms with Gasteiger partial charge in [-0.1, -0.05) is 12.2 Å². The van der Waals surface area contributed by atoms with Gasteiger partial charge in [0.15, 0.2) is 0 Å². The number of fused-ring (bicyclic) bond motifs is 1. The van der Waals surface area contributed by atoms with Gasteiger partial charge in [0.25, 0.3) is 0 Å². The first-order valence-corrected chi connectivity index (χ1v) is 4.64. The second kappa shape index (κ2) is 3.36. The van der Waals surface area contributed by atoms with Crippen molar-refractivity contribution in [1.29, 1.82) is 0 Å². The lowest BCUT2D eigenvalue weighted by Crippen LogP contribution is -2.09. The quantitative estimate of drug-likeness (QED) is 0.719. The zero-order valence-electron chi connectivity index (χ0n) is 7.68. The second-order valence-corrected chi connectivity index (χ2v) is 3.55. The molecule has 0 aliphatic rings. The lowest BCUT2D eigenvalue weighted by Gasteiger charge is -2.00. The minimum absolute atomic E-state index is 0.306. The van der Waals surface area contributed by atoms with E-state index in [1.807, 2.05) is 0 Å². The number of aromatic nitrogens is 1. The summed E-state index contributed by atoms with van der Waals surface area (Å²) in [5.74, 6) is 0.